The molecule has 2 fully saturated rings. The van der Waals surface area contributed by atoms with Crippen LogP contribution in [0.5, 0.6) is 0 Å². The lowest BCUT2D eigenvalue weighted by Crippen LogP contribution is -2.36. The molecular formula is C15H22N4OS. The Bertz CT molecular complexity index is 585. The molecule has 0 unspecified atom stereocenters. The van der Waals surface area contributed by atoms with Crippen LogP contribution in [0.25, 0.3) is 4.96 Å². The van der Waals surface area contributed by atoms with Crippen LogP contribution in [-0.4, -0.2) is 31.9 Å². The molecule has 2 aromatic rings. The standard InChI is InChI=1S/C15H22N4OS/c20-13-8-4-3-7-11(13)16-14-18-19-9-12(17-15(19)21-14)10-5-1-2-6-10/h9-11,13,20H,1-8H2,(H,16,18)/t11-,13-/m1/s1. The van der Waals surface area contributed by atoms with Gasteiger partial charge in [0.1, 0.15) is 0 Å². The third-order valence-corrected chi connectivity index (χ3v) is 5.73. The largest absolute Gasteiger partial charge is 0.391 e. The van der Waals surface area contributed by atoms with Gasteiger partial charge in [0.25, 0.3) is 0 Å². The third-order valence-electron chi connectivity index (χ3n) is 4.87. The van der Waals surface area contributed by atoms with Gasteiger partial charge >= 0.3 is 0 Å². The molecule has 4 rings (SSSR count). The molecular weight excluding hydrogens is 284 g/mol. The number of aliphatic hydroxyl groups excluding tert-OH is 1. The second-order valence-corrected chi connectivity index (χ2v) is 7.34. The molecule has 0 bridgehead atoms. The van der Waals surface area contributed by atoms with Gasteiger partial charge in [-0.15, -0.1) is 5.10 Å². The van der Waals surface area contributed by atoms with E-state index in [0.29, 0.717) is 5.92 Å². The van der Waals surface area contributed by atoms with Crippen molar-refractivity contribution in [1.29, 1.82) is 0 Å². The molecule has 0 amide bonds. The Morgan fingerprint density at radius 3 is 2.67 bits per heavy atom. The second-order valence-electron chi connectivity index (χ2n) is 6.38. The summed E-state index contributed by atoms with van der Waals surface area (Å²) < 4.78 is 1.90. The van der Waals surface area contributed by atoms with Crippen LogP contribution in [0.4, 0.5) is 5.13 Å². The fourth-order valence-corrected chi connectivity index (χ4v) is 4.48. The van der Waals surface area contributed by atoms with Gasteiger partial charge in [0, 0.05) is 5.92 Å². The first-order valence-electron chi connectivity index (χ1n) is 8.10. The molecule has 2 atom stereocenters. The van der Waals surface area contributed by atoms with E-state index in [1.54, 1.807) is 11.3 Å². The molecule has 5 nitrogen and oxygen atoms in total. The number of aromatic nitrogens is 3. The minimum atomic E-state index is -0.246. The van der Waals surface area contributed by atoms with Crippen LogP contribution in [0.1, 0.15) is 63.0 Å². The first kappa shape index (κ1) is 13.5. The van der Waals surface area contributed by atoms with Crippen LogP contribution in [-0.2, 0) is 0 Å². The molecule has 0 radical (unpaired) electrons. The number of nitrogens with one attached hydrogen (secondary N) is 1. The van der Waals surface area contributed by atoms with E-state index < -0.39 is 0 Å². The van der Waals surface area contributed by atoms with E-state index >= 15 is 0 Å². The lowest BCUT2D eigenvalue weighted by atomic mass is 9.93. The van der Waals surface area contributed by atoms with Gasteiger partial charge in [-0.2, -0.15) is 0 Å². The third kappa shape index (κ3) is 2.66. The van der Waals surface area contributed by atoms with Crippen molar-refractivity contribution < 1.29 is 5.11 Å². The van der Waals surface area contributed by atoms with Crippen molar-refractivity contribution in [2.45, 2.75) is 69.4 Å². The molecule has 21 heavy (non-hydrogen) atoms. The van der Waals surface area contributed by atoms with Crippen LogP contribution < -0.4 is 5.32 Å². The zero-order valence-electron chi connectivity index (χ0n) is 12.2. The number of fused-ring (bicyclic) bond motifs is 1. The SMILES string of the molecule is O[C@@H]1CCCC[C@H]1Nc1nn2cc(C3CCCC3)nc2s1. The Balaban J connectivity index is 1.50. The molecule has 0 aromatic carbocycles. The summed E-state index contributed by atoms with van der Waals surface area (Å²) in [6.45, 7) is 0. The topological polar surface area (TPSA) is 62.5 Å². The van der Waals surface area contributed by atoms with Crippen molar-refractivity contribution in [3.8, 4) is 0 Å². The molecule has 0 spiro atoms. The number of imidazole rings is 1. The van der Waals surface area contributed by atoms with Crippen molar-refractivity contribution in [3.63, 3.8) is 0 Å². The van der Waals surface area contributed by atoms with Crippen molar-refractivity contribution in [3.05, 3.63) is 11.9 Å². The van der Waals surface area contributed by atoms with Crippen LogP contribution in [0, 0.1) is 0 Å². The molecule has 2 N–H and O–H groups in total. The van der Waals surface area contributed by atoms with Gasteiger partial charge in [-0.1, -0.05) is 37.0 Å². The summed E-state index contributed by atoms with van der Waals surface area (Å²) in [5, 5.41) is 18.9. The molecule has 0 saturated heterocycles. The van der Waals surface area contributed by atoms with E-state index in [-0.39, 0.29) is 12.1 Å². The maximum absolute atomic E-state index is 10.0. The van der Waals surface area contributed by atoms with Crippen molar-refractivity contribution >= 4 is 21.4 Å². The number of hydrogen-bond acceptors (Lipinski definition) is 5. The molecule has 2 saturated carbocycles. The van der Waals surface area contributed by atoms with Crippen LogP contribution in [0.2, 0.25) is 0 Å². The number of hydrogen-bond donors (Lipinski definition) is 2. The smallest absolute Gasteiger partial charge is 0.214 e. The minimum absolute atomic E-state index is 0.143. The van der Waals surface area contributed by atoms with E-state index in [1.165, 1.54) is 37.8 Å². The number of nitrogens with zero attached hydrogens (tertiary/aromatic N) is 3. The van der Waals surface area contributed by atoms with Gasteiger partial charge in [0.2, 0.25) is 10.1 Å². The van der Waals surface area contributed by atoms with E-state index in [4.69, 9.17) is 4.98 Å². The second kappa shape index (κ2) is 5.57. The monoisotopic (exact) mass is 306 g/mol. The number of rotatable bonds is 3. The molecule has 114 valence electrons. The predicted molar refractivity (Wildman–Crippen MR) is 84.0 cm³/mol. The lowest BCUT2D eigenvalue weighted by molar-refractivity contribution is 0.116. The van der Waals surface area contributed by atoms with E-state index in [2.05, 4.69) is 16.6 Å². The summed E-state index contributed by atoms with van der Waals surface area (Å²) in [7, 11) is 0. The highest BCUT2D eigenvalue weighted by molar-refractivity contribution is 7.20. The van der Waals surface area contributed by atoms with Gasteiger partial charge < -0.3 is 10.4 Å². The van der Waals surface area contributed by atoms with Gasteiger partial charge in [-0.05, 0) is 25.7 Å². The summed E-state index contributed by atoms with van der Waals surface area (Å²) in [4.78, 5) is 5.71. The van der Waals surface area contributed by atoms with Gasteiger partial charge in [0.15, 0.2) is 0 Å². The van der Waals surface area contributed by atoms with Crippen molar-refractivity contribution in [1.82, 2.24) is 14.6 Å². The van der Waals surface area contributed by atoms with E-state index in [0.717, 1.165) is 29.4 Å². The van der Waals surface area contributed by atoms with Gasteiger partial charge in [-0.25, -0.2) is 9.50 Å². The van der Waals surface area contributed by atoms with Gasteiger partial charge in [-0.3, -0.25) is 0 Å². The number of anilines is 1. The lowest BCUT2D eigenvalue weighted by Gasteiger charge is -2.27. The molecule has 2 aliphatic rings. The molecule has 0 aliphatic heterocycles. The van der Waals surface area contributed by atoms with Crippen molar-refractivity contribution in [2.24, 2.45) is 0 Å². The Kier molecular flexibility index (Phi) is 3.59. The Morgan fingerprint density at radius 2 is 1.90 bits per heavy atom. The molecule has 2 aliphatic carbocycles. The predicted octanol–water partition coefficient (Wildman–Crippen LogP) is 3.16. The summed E-state index contributed by atoms with van der Waals surface area (Å²) in [6, 6.07) is 0.143. The first-order chi connectivity index (χ1) is 10.3. The molecule has 6 heteroatoms. The first-order valence-corrected chi connectivity index (χ1v) is 8.92. The molecule has 2 heterocycles. The summed E-state index contributed by atoms with van der Waals surface area (Å²) >= 11 is 1.59. The zero-order valence-corrected chi connectivity index (χ0v) is 13.0. The number of aliphatic hydroxyl groups is 1. The Labute approximate surface area is 128 Å². The van der Waals surface area contributed by atoms with Gasteiger partial charge in [0.05, 0.1) is 24.0 Å². The molecule has 2 aromatic heterocycles. The van der Waals surface area contributed by atoms with Crippen LogP contribution >= 0.6 is 11.3 Å². The summed E-state index contributed by atoms with van der Waals surface area (Å²) in [5.41, 5.74) is 1.20. The highest BCUT2D eigenvalue weighted by Gasteiger charge is 2.25. The highest BCUT2D eigenvalue weighted by atomic mass is 32.1. The van der Waals surface area contributed by atoms with Crippen LogP contribution in [0.15, 0.2) is 6.20 Å². The average Bonchev–Trinajstić information content (AvgIpc) is 3.15. The Morgan fingerprint density at radius 1 is 1.14 bits per heavy atom. The average molecular weight is 306 g/mol. The van der Waals surface area contributed by atoms with Crippen molar-refractivity contribution in [2.75, 3.05) is 5.32 Å². The fourth-order valence-electron chi connectivity index (χ4n) is 3.63. The van der Waals surface area contributed by atoms with E-state index in [1.807, 2.05) is 4.52 Å². The highest BCUT2D eigenvalue weighted by Crippen LogP contribution is 2.34. The normalized spacial score (nSPS) is 27.5. The maximum atomic E-state index is 10.0. The van der Waals surface area contributed by atoms with E-state index in [9.17, 15) is 5.11 Å². The summed E-state index contributed by atoms with van der Waals surface area (Å²) in [6.07, 6.45) is 11.3. The quantitative estimate of drug-likeness (QED) is 0.914. The minimum Gasteiger partial charge on any atom is -0.391 e. The Hall–Kier alpha value is -1.14. The summed E-state index contributed by atoms with van der Waals surface area (Å²) in [5.74, 6) is 0.635. The van der Waals surface area contributed by atoms with Crippen LogP contribution in [0.3, 0.4) is 0 Å². The zero-order chi connectivity index (χ0) is 14.2. The maximum Gasteiger partial charge on any atom is 0.214 e. The fraction of sp³-hybridized carbons (Fsp3) is 0.733.